The van der Waals surface area contributed by atoms with Gasteiger partial charge in [-0.05, 0) is 43.3 Å². The molecule has 7 nitrogen and oxygen atoms in total. The Hall–Kier alpha value is -2.06. The maximum atomic E-state index is 12.5. The fraction of sp³-hybridized carbons (Fsp3) is 0.571. The van der Waals surface area contributed by atoms with Gasteiger partial charge >= 0.3 is 5.97 Å². The number of carbonyl (C=O) groups is 3. The smallest absolute Gasteiger partial charge is 0.328 e. The van der Waals surface area contributed by atoms with Crippen LogP contribution < -0.4 is 16.4 Å². The molecule has 0 bridgehead atoms. The molecule has 0 aromatic heterocycles. The molecule has 2 amide bonds. The van der Waals surface area contributed by atoms with Crippen LogP contribution in [0.3, 0.4) is 0 Å². The highest BCUT2D eigenvalue weighted by atomic mass is 32.2. The van der Waals surface area contributed by atoms with Gasteiger partial charge in [0.2, 0.25) is 11.8 Å². The summed E-state index contributed by atoms with van der Waals surface area (Å²) in [4.78, 5) is 37.1. The Labute approximate surface area is 177 Å². The maximum Gasteiger partial charge on any atom is 0.328 e. The Morgan fingerprint density at radius 2 is 1.72 bits per heavy atom. The zero-order valence-electron chi connectivity index (χ0n) is 17.6. The molecule has 4 N–H and O–H groups in total. The molecule has 0 aliphatic heterocycles. The summed E-state index contributed by atoms with van der Waals surface area (Å²) in [6, 6.07) is 7.09. The van der Waals surface area contributed by atoms with Crippen LogP contribution in [0.15, 0.2) is 30.3 Å². The molecule has 0 aliphatic rings. The maximum absolute atomic E-state index is 12.5. The van der Waals surface area contributed by atoms with E-state index in [1.54, 1.807) is 18.7 Å². The number of hydrogen-bond donors (Lipinski definition) is 3. The summed E-state index contributed by atoms with van der Waals surface area (Å²) in [6.07, 6.45) is 2.91. The molecule has 0 fully saturated rings. The first-order valence-corrected chi connectivity index (χ1v) is 11.2. The Kier molecular flexibility index (Phi) is 11.4. The summed E-state index contributed by atoms with van der Waals surface area (Å²) in [6.45, 7) is 5.62. The standard InChI is InChI=1S/C21H33N3O4S/c1-14(2)12-18(21(27)28-13-16-8-6-5-7-9-16)24-19(25)15(3)23-20(26)17(22)10-11-29-4/h5-9,14-15,17-18H,10-13,22H2,1-4H3,(H,23,26)(H,24,25)/t15-,17-,18-/m0/s1. The van der Waals surface area contributed by atoms with E-state index in [1.165, 1.54) is 0 Å². The minimum absolute atomic E-state index is 0.140. The molecule has 29 heavy (non-hydrogen) atoms. The summed E-state index contributed by atoms with van der Waals surface area (Å²) >= 11 is 1.60. The zero-order valence-corrected chi connectivity index (χ0v) is 18.5. The van der Waals surface area contributed by atoms with Gasteiger partial charge in [-0.15, -0.1) is 0 Å². The highest BCUT2D eigenvalue weighted by molar-refractivity contribution is 7.98. The number of thioether (sulfide) groups is 1. The van der Waals surface area contributed by atoms with E-state index in [-0.39, 0.29) is 18.4 Å². The van der Waals surface area contributed by atoms with Crippen molar-refractivity contribution in [2.24, 2.45) is 11.7 Å². The fourth-order valence-electron chi connectivity index (χ4n) is 2.57. The van der Waals surface area contributed by atoms with E-state index in [0.717, 1.165) is 11.3 Å². The Morgan fingerprint density at radius 1 is 1.07 bits per heavy atom. The van der Waals surface area contributed by atoms with Gasteiger partial charge in [0, 0.05) is 0 Å². The van der Waals surface area contributed by atoms with Gasteiger partial charge in [-0.2, -0.15) is 11.8 Å². The van der Waals surface area contributed by atoms with Crippen molar-refractivity contribution < 1.29 is 19.1 Å². The first-order valence-electron chi connectivity index (χ1n) is 9.80. The van der Waals surface area contributed by atoms with Gasteiger partial charge in [-0.25, -0.2) is 4.79 Å². The van der Waals surface area contributed by atoms with E-state index < -0.39 is 30.0 Å². The van der Waals surface area contributed by atoms with Crippen LogP contribution in [-0.4, -0.2) is 47.9 Å². The monoisotopic (exact) mass is 423 g/mol. The van der Waals surface area contributed by atoms with Gasteiger partial charge in [0.15, 0.2) is 0 Å². The van der Waals surface area contributed by atoms with Crippen LogP contribution in [0, 0.1) is 5.92 Å². The minimum atomic E-state index is -0.806. The lowest BCUT2D eigenvalue weighted by molar-refractivity contribution is -0.149. The molecule has 1 rings (SSSR count). The fourth-order valence-corrected chi connectivity index (χ4v) is 3.06. The summed E-state index contributed by atoms with van der Waals surface area (Å²) in [5, 5.41) is 5.30. The van der Waals surface area contributed by atoms with Gasteiger partial charge in [0.05, 0.1) is 6.04 Å². The number of hydrogen-bond acceptors (Lipinski definition) is 6. The number of nitrogens with two attached hydrogens (primary N) is 1. The number of rotatable bonds is 12. The molecule has 0 saturated heterocycles. The average Bonchev–Trinajstić information content (AvgIpc) is 2.69. The Balaban J connectivity index is 2.62. The molecule has 0 aliphatic carbocycles. The average molecular weight is 424 g/mol. The van der Waals surface area contributed by atoms with Crippen LogP contribution in [-0.2, 0) is 25.7 Å². The zero-order chi connectivity index (χ0) is 21.8. The normalized spacial score (nSPS) is 14.0. The van der Waals surface area contributed by atoms with Gasteiger partial charge in [0.1, 0.15) is 18.7 Å². The van der Waals surface area contributed by atoms with E-state index in [1.807, 2.05) is 50.4 Å². The van der Waals surface area contributed by atoms with Crippen LogP contribution in [0.2, 0.25) is 0 Å². The van der Waals surface area contributed by atoms with E-state index in [0.29, 0.717) is 12.8 Å². The van der Waals surface area contributed by atoms with Crippen LogP contribution in [0.1, 0.15) is 39.2 Å². The third-order valence-corrected chi connectivity index (χ3v) is 4.90. The van der Waals surface area contributed by atoms with Crippen molar-refractivity contribution in [2.75, 3.05) is 12.0 Å². The van der Waals surface area contributed by atoms with Crippen molar-refractivity contribution >= 4 is 29.5 Å². The predicted octanol–water partition coefficient (Wildman–Crippen LogP) is 1.85. The van der Waals surface area contributed by atoms with Crippen molar-refractivity contribution in [1.29, 1.82) is 0 Å². The van der Waals surface area contributed by atoms with E-state index in [9.17, 15) is 14.4 Å². The molecular weight excluding hydrogens is 390 g/mol. The third-order valence-electron chi connectivity index (χ3n) is 4.25. The Bertz CT molecular complexity index is 655. The quantitative estimate of drug-likeness (QED) is 0.443. The van der Waals surface area contributed by atoms with Gasteiger partial charge in [-0.1, -0.05) is 44.2 Å². The van der Waals surface area contributed by atoms with Crippen molar-refractivity contribution in [3.63, 3.8) is 0 Å². The topological polar surface area (TPSA) is 111 Å². The summed E-state index contributed by atoms with van der Waals surface area (Å²) in [7, 11) is 0. The van der Waals surface area contributed by atoms with Crippen LogP contribution >= 0.6 is 11.8 Å². The molecule has 0 radical (unpaired) electrons. The number of esters is 1. The summed E-state index contributed by atoms with van der Waals surface area (Å²) in [5.74, 6) is -0.383. The van der Waals surface area contributed by atoms with Crippen molar-refractivity contribution in [3.05, 3.63) is 35.9 Å². The molecule has 0 spiro atoms. The summed E-state index contributed by atoms with van der Waals surface area (Å²) in [5.41, 5.74) is 6.70. The van der Waals surface area contributed by atoms with Crippen LogP contribution in [0.5, 0.6) is 0 Å². The van der Waals surface area contributed by atoms with Crippen molar-refractivity contribution in [3.8, 4) is 0 Å². The first kappa shape index (κ1) is 25.0. The van der Waals surface area contributed by atoms with E-state index in [4.69, 9.17) is 10.5 Å². The van der Waals surface area contributed by atoms with Crippen molar-refractivity contribution in [2.45, 2.75) is 58.3 Å². The number of ether oxygens (including phenoxy) is 1. The largest absolute Gasteiger partial charge is 0.459 e. The molecule has 0 saturated carbocycles. The second kappa shape index (κ2) is 13.2. The number of nitrogens with one attached hydrogen (secondary N) is 2. The molecule has 0 heterocycles. The number of benzene rings is 1. The highest BCUT2D eigenvalue weighted by Crippen LogP contribution is 2.09. The SMILES string of the molecule is CSCC[C@H](N)C(=O)N[C@@H](C)C(=O)N[C@@H](CC(C)C)C(=O)OCc1ccccc1. The Morgan fingerprint density at radius 3 is 2.31 bits per heavy atom. The third kappa shape index (κ3) is 9.80. The van der Waals surface area contributed by atoms with Crippen molar-refractivity contribution in [1.82, 2.24) is 10.6 Å². The van der Waals surface area contributed by atoms with Gasteiger partial charge < -0.3 is 21.1 Å². The van der Waals surface area contributed by atoms with E-state index >= 15 is 0 Å². The predicted molar refractivity (Wildman–Crippen MR) is 116 cm³/mol. The van der Waals surface area contributed by atoms with Crippen LogP contribution in [0.25, 0.3) is 0 Å². The summed E-state index contributed by atoms with van der Waals surface area (Å²) < 4.78 is 5.37. The lowest BCUT2D eigenvalue weighted by Gasteiger charge is -2.22. The lowest BCUT2D eigenvalue weighted by Crippen LogP contribution is -2.53. The molecule has 3 atom stereocenters. The molecular formula is C21H33N3O4S. The molecule has 1 aromatic rings. The first-order chi connectivity index (χ1) is 13.7. The molecule has 0 unspecified atom stereocenters. The van der Waals surface area contributed by atoms with Crippen LogP contribution in [0.4, 0.5) is 0 Å². The molecule has 1 aromatic carbocycles. The minimum Gasteiger partial charge on any atom is -0.459 e. The van der Waals surface area contributed by atoms with E-state index in [2.05, 4.69) is 10.6 Å². The molecule has 162 valence electrons. The lowest BCUT2D eigenvalue weighted by atomic mass is 10.0. The highest BCUT2D eigenvalue weighted by Gasteiger charge is 2.27. The van der Waals surface area contributed by atoms with Gasteiger partial charge in [0.25, 0.3) is 0 Å². The number of carbonyl (C=O) groups excluding carboxylic acids is 3. The number of amides is 2. The van der Waals surface area contributed by atoms with Gasteiger partial charge in [-0.3, -0.25) is 9.59 Å². The molecule has 8 heteroatoms. The second-order valence-corrected chi connectivity index (χ2v) is 8.39. The second-order valence-electron chi connectivity index (χ2n) is 7.40.